The van der Waals surface area contributed by atoms with Gasteiger partial charge in [-0.3, -0.25) is 0 Å². The lowest BCUT2D eigenvalue weighted by Gasteiger charge is -2.32. The predicted octanol–water partition coefficient (Wildman–Crippen LogP) is 3.49. The molecule has 0 saturated carbocycles. The Kier molecular flexibility index (Phi) is 3.09. The number of nitrogens with zero attached hydrogens (tertiary/aromatic N) is 1. The Morgan fingerprint density at radius 3 is 2.33 bits per heavy atom. The van der Waals surface area contributed by atoms with Gasteiger partial charge in [0, 0.05) is 27.3 Å². The SMILES string of the molecule is CC1(C)OB(c2ccc(C#N)c3c2[nH]c2ccccc23)OC1(C)C. The molecule has 1 fully saturated rings. The minimum Gasteiger partial charge on any atom is -0.399 e. The zero-order valence-corrected chi connectivity index (χ0v) is 14.3. The number of fused-ring (bicyclic) bond motifs is 3. The molecule has 3 aromatic rings. The van der Waals surface area contributed by atoms with Gasteiger partial charge in [0.25, 0.3) is 0 Å². The van der Waals surface area contributed by atoms with Crippen LogP contribution in [-0.4, -0.2) is 23.3 Å². The zero-order chi connectivity index (χ0) is 17.1. The molecule has 1 saturated heterocycles. The number of nitrogens with one attached hydrogen (secondary N) is 1. The van der Waals surface area contributed by atoms with Crippen LogP contribution in [0.2, 0.25) is 0 Å². The summed E-state index contributed by atoms with van der Waals surface area (Å²) in [6, 6.07) is 14.1. The highest BCUT2D eigenvalue weighted by Crippen LogP contribution is 2.37. The van der Waals surface area contributed by atoms with E-state index in [1.807, 2.05) is 64.1 Å². The van der Waals surface area contributed by atoms with Gasteiger partial charge in [0.15, 0.2) is 0 Å². The zero-order valence-electron chi connectivity index (χ0n) is 14.3. The third-order valence-electron chi connectivity index (χ3n) is 5.32. The Bertz CT molecular complexity index is 982. The molecule has 24 heavy (non-hydrogen) atoms. The maximum absolute atomic E-state index is 9.51. The molecule has 5 heteroatoms. The van der Waals surface area contributed by atoms with Crippen molar-refractivity contribution < 1.29 is 9.31 Å². The summed E-state index contributed by atoms with van der Waals surface area (Å²) in [6.45, 7) is 8.16. The van der Waals surface area contributed by atoms with Gasteiger partial charge in [-0.15, -0.1) is 0 Å². The monoisotopic (exact) mass is 318 g/mol. The molecule has 0 amide bonds. The van der Waals surface area contributed by atoms with Crippen molar-refractivity contribution in [2.75, 3.05) is 0 Å². The number of nitriles is 1. The fraction of sp³-hybridized carbons (Fsp3) is 0.316. The fourth-order valence-corrected chi connectivity index (χ4v) is 3.24. The van der Waals surface area contributed by atoms with Gasteiger partial charge >= 0.3 is 7.12 Å². The summed E-state index contributed by atoms with van der Waals surface area (Å²) in [6.07, 6.45) is 0. The molecule has 0 aliphatic carbocycles. The van der Waals surface area contributed by atoms with E-state index in [-0.39, 0.29) is 0 Å². The topological polar surface area (TPSA) is 58.0 Å². The molecule has 0 bridgehead atoms. The first-order valence-corrected chi connectivity index (χ1v) is 8.13. The molecule has 1 aliphatic heterocycles. The van der Waals surface area contributed by atoms with E-state index in [1.165, 1.54) is 0 Å². The molecule has 4 nitrogen and oxygen atoms in total. The van der Waals surface area contributed by atoms with Gasteiger partial charge in [-0.05, 0) is 39.8 Å². The Balaban J connectivity index is 1.97. The summed E-state index contributed by atoms with van der Waals surface area (Å²) >= 11 is 0. The van der Waals surface area contributed by atoms with E-state index in [1.54, 1.807) is 0 Å². The number of hydrogen-bond donors (Lipinski definition) is 1. The second-order valence-electron chi connectivity index (χ2n) is 7.32. The van der Waals surface area contributed by atoms with Crippen LogP contribution in [0, 0.1) is 11.3 Å². The van der Waals surface area contributed by atoms with Crippen molar-refractivity contribution in [3.05, 3.63) is 42.0 Å². The lowest BCUT2D eigenvalue weighted by Crippen LogP contribution is -2.41. The number of aromatic nitrogens is 1. The van der Waals surface area contributed by atoms with E-state index >= 15 is 0 Å². The number of rotatable bonds is 1. The molecule has 1 aromatic heterocycles. The fourth-order valence-electron chi connectivity index (χ4n) is 3.24. The molecule has 120 valence electrons. The van der Waals surface area contributed by atoms with Crippen LogP contribution in [0.5, 0.6) is 0 Å². The van der Waals surface area contributed by atoms with E-state index in [9.17, 15) is 5.26 Å². The molecule has 4 rings (SSSR count). The van der Waals surface area contributed by atoms with Crippen LogP contribution in [0.3, 0.4) is 0 Å². The molecule has 1 N–H and O–H groups in total. The average molecular weight is 318 g/mol. The Morgan fingerprint density at radius 1 is 1.00 bits per heavy atom. The molecule has 0 spiro atoms. The Labute approximate surface area is 141 Å². The molecule has 2 aromatic carbocycles. The number of aromatic amines is 1. The Hall–Kier alpha value is -2.29. The maximum atomic E-state index is 9.51. The number of H-pyrrole nitrogens is 1. The van der Waals surface area contributed by atoms with Gasteiger partial charge in [-0.1, -0.05) is 24.3 Å². The summed E-state index contributed by atoms with van der Waals surface area (Å²) in [5.74, 6) is 0. The molecule has 1 aliphatic rings. The van der Waals surface area contributed by atoms with Crippen LogP contribution in [0.25, 0.3) is 21.8 Å². The smallest absolute Gasteiger partial charge is 0.399 e. The number of benzene rings is 2. The van der Waals surface area contributed by atoms with Gasteiger partial charge in [0.05, 0.1) is 22.8 Å². The molecule has 0 radical (unpaired) electrons. The Morgan fingerprint density at radius 2 is 1.67 bits per heavy atom. The van der Waals surface area contributed by atoms with Gasteiger partial charge < -0.3 is 14.3 Å². The first-order valence-electron chi connectivity index (χ1n) is 8.13. The first kappa shape index (κ1) is 15.3. The van der Waals surface area contributed by atoms with Crippen LogP contribution in [0.1, 0.15) is 33.3 Å². The third kappa shape index (κ3) is 2.00. The molecule has 0 atom stereocenters. The average Bonchev–Trinajstić information content (AvgIpc) is 3.01. The van der Waals surface area contributed by atoms with Crippen molar-refractivity contribution in [2.45, 2.75) is 38.9 Å². The lowest BCUT2D eigenvalue weighted by atomic mass is 9.77. The largest absolute Gasteiger partial charge is 0.497 e. The third-order valence-corrected chi connectivity index (χ3v) is 5.32. The second kappa shape index (κ2) is 4.86. The van der Waals surface area contributed by atoms with Crippen LogP contribution < -0.4 is 5.46 Å². The van der Waals surface area contributed by atoms with Gasteiger partial charge in [-0.25, -0.2) is 0 Å². The molecule has 0 unspecified atom stereocenters. The molecule has 2 heterocycles. The number of hydrogen-bond acceptors (Lipinski definition) is 3. The van der Waals surface area contributed by atoms with Crippen molar-refractivity contribution in [2.24, 2.45) is 0 Å². The van der Waals surface area contributed by atoms with Crippen molar-refractivity contribution in [3.63, 3.8) is 0 Å². The highest BCUT2D eigenvalue weighted by atomic mass is 16.7. The van der Waals surface area contributed by atoms with Gasteiger partial charge in [0.1, 0.15) is 0 Å². The number of para-hydroxylation sites is 1. The minimum atomic E-state index is -0.460. The standard InChI is InChI=1S/C19H19BN2O2/c1-18(2)19(3,4)24-20(23-18)14-10-9-12(11-21)16-13-7-5-6-8-15(13)22-17(14)16/h5-10,22H,1-4H3. The molecular formula is C19H19BN2O2. The highest BCUT2D eigenvalue weighted by Gasteiger charge is 2.52. The van der Waals surface area contributed by atoms with Crippen molar-refractivity contribution in [1.29, 1.82) is 5.26 Å². The summed E-state index contributed by atoms with van der Waals surface area (Å²) in [4.78, 5) is 3.44. The van der Waals surface area contributed by atoms with Crippen LogP contribution in [0.4, 0.5) is 0 Å². The quantitative estimate of drug-likeness (QED) is 0.699. The van der Waals surface area contributed by atoms with Gasteiger partial charge in [-0.2, -0.15) is 5.26 Å². The lowest BCUT2D eigenvalue weighted by molar-refractivity contribution is 0.00578. The van der Waals surface area contributed by atoms with Gasteiger partial charge in [0.2, 0.25) is 0 Å². The summed E-state index contributed by atoms with van der Waals surface area (Å²) in [5, 5.41) is 11.5. The van der Waals surface area contributed by atoms with Crippen molar-refractivity contribution in [3.8, 4) is 6.07 Å². The van der Waals surface area contributed by atoms with E-state index in [0.29, 0.717) is 5.56 Å². The normalized spacial score (nSPS) is 19.0. The highest BCUT2D eigenvalue weighted by molar-refractivity contribution is 6.65. The van der Waals surface area contributed by atoms with Crippen LogP contribution in [0.15, 0.2) is 36.4 Å². The van der Waals surface area contributed by atoms with Crippen LogP contribution >= 0.6 is 0 Å². The van der Waals surface area contributed by atoms with E-state index in [0.717, 1.165) is 27.3 Å². The second-order valence-corrected chi connectivity index (χ2v) is 7.32. The van der Waals surface area contributed by atoms with Crippen molar-refractivity contribution >= 4 is 34.4 Å². The first-order chi connectivity index (χ1) is 11.3. The summed E-state index contributed by atoms with van der Waals surface area (Å²) in [5.41, 5.74) is 2.71. The maximum Gasteiger partial charge on any atom is 0.497 e. The predicted molar refractivity (Wildman–Crippen MR) is 96.2 cm³/mol. The summed E-state index contributed by atoms with van der Waals surface area (Å²) in [7, 11) is -0.460. The minimum absolute atomic E-state index is 0.399. The summed E-state index contributed by atoms with van der Waals surface area (Å²) < 4.78 is 12.4. The van der Waals surface area contributed by atoms with E-state index < -0.39 is 18.3 Å². The van der Waals surface area contributed by atoms with Crippen LogP contribution in [-0.2, 0) is 9.31 Å². The van der Waals surface area contributed by atoms with E-state index in [2.05, 4.69) is 11.1 Å². The molecular weight excluding hydrogens is 299 g/mol. The van der Waals surface area contributed by atoms with E-state index in [4.69, 9.17) is 9.31 Å². The van der Waals surface area contributed by atoms with Crippen molar-refractivity contribution in [1.82, 2.24) is 4.98 Å².